The first-order valence-electron chi connectivity index (χ1n) is 15.0. The summed E-state index contributed by atoms with van der Waals surface area (Å²) in [5, 5.41) is 12.0. The summed E-state index contributed by atoms with van der Waals surface area (Å²) in [6.45, 7) is 0. The van der Waals surface area contributed by atoms with Crippen molar-refractivity contribution in [1.82, 2.24) is 0 Å². The summed E-state index contributed by atoms with van der Waals surface area (Å²) in [4.78, 5) is 0. The topological polar surface area (TPSA) is 26.3 Å². The third kappa shape index (κ3) is 3.37. The van der Waals surface area contributed by atoms with Gasteiger partial charge in [-0.3, -0.25) is 0 Å². The summed E-state index contributed by atoms with van der Waals surface area (Å²) >= 11 is 0. The van der Waals surface area contributed by atoms with Gasteiger partial charge in [0.1, 0.15) is 22.3 Å². The Balaban J connectivity index is 1.17. The zero-order valence-electron chi connectivity index (χ0n) is 23.7. The molecule has 0 unspecified atom stereocenters. The smallest absolute Gasteiger partial charge is 0.136 e. The highest BCUT2D eigenvalue weighted by Crippen LogP contribution is 2.41. The quantitative estimate of drug-likeness (QED) is 0.197. The molecule has 0 fully saturated rings. The molecular weight excluding hydrogens is 536 g/mol. The molecule has 0 spiro atoms. The van der Waals surface area contributed by atoms with Crippen LogP contribution in [0.3, 0.4) is 0 Å². The Bertz CT molecular complexity index is 2740. The number of benzene rings is 8. The fraction of sp³-hybridized carbons (Fsp3) is 0. The molecule has 0 saturated heterocycles. The normalized spacial score (nSPS) is 12.1. The van der Waals surface area contributed by atoms with Crippen LogP contribution >= 0.6 is 0 Å². The zero-order valence-corrected chi connectivity index (χ0v) is 23.7. The van der Waals surface area contributed by atoms with Crippen LogP contribution in [0.15, 0.2) is 154 Å². The maximum Gasteiger partial charge on any atom is 0.136 e. The van der Waals surface area contributed by atoms with Crippen molar-refractivity contribution in [2.75, 3.05) is 0 Å². The van der Waals surface area contributed by atoms with E-state index >= 15 is 0 Å². The van der Waals surface area contributed by atoms with Crippen molar-refractivity contribution in [3.63, 3.8) is 0 Å². The van der Waals surface area contributed by atoms with Crippen molar-refractivity contribution < 1.29 is 8.83 Å². The van der Waals surface area contributed by atoms with Gasteiger partial charge < -0.3 is 8.83 Å². The number of rotatable bonds is 2. The minimum atomic E-state index is 0.877. The van der Waals surface area contributed by atoms with E-state index in [0.717, 1.165) is 49.4 Å². The highest BCUT2D eigenvalue weighted by molar-refractivity contribution is 6.26. The molecule has 2 heterocycles. The molecule has 44 heavy (non-hydrogen) atoms. The van der Waals surface area contributed by atoms with Crippen molar-refractivity contribution in [2.24, 2.45) is 0 Å². The van der Waals surface area contributed by atoms with E-state index in [1.165, 1.54) is 49.0 Å². The third-order valence-electron chi connectivity index (χ3n) is 9.25. The second-order valence-corrected chi connectivity index (χ2v) is 11.7. The second-order valence-electron chi connectivity index (χ2n) is 11.7. The molecule has 204 valence electrons. The summed E-state index contributed by atoms with van der Waals surface area (Å²) < 4.78 is 12.6. The van der Waals surface area contributed by atoms with Crippen LogP contribution in [0, 0.1) is 0 Å². The lowest BCUT2D eigenvalue weighted by atomic mass is 9.90. The van der Waals surface area contributed by atoms with E-state index in [1.54, 1.807) is 0 Å². The van der Waals surface area contributed by atoms with Crippen LogP contribution in [0.2, 0.25) is 0 Å². The first-order valence-corrected chi connectivity index (χ1v) is 15.0. The Kier molecular flexibility index (Phi) is 4.75. The average molecular weight is 561 g/mol. The predicted octanol–water partition coefficient (Wildman–Crippen LogP) is 12.3. The summed E-state index contributed by atoms with van der Waals surface area (Å²) in [5.74, 6) is 0. The van der Waals surface area contributed by atoms with Crippen molar-refractivity contribution in [3.05, 3.63) is 146 Å². The largest absolute Gasteiger partial charge is 0.456 e. The molecule has 0 aliphatic heterocycles. The Morgan fingerprint density at radius 1 is 0.227 bits per heavy atom. The lowest BCUT2D eigenvalue weighted by molar-refractivity contribution is 0.664. The second kappa shape index (κ2) is 8.82. The maximum atomic E-state index is 6.35. The number of hydrogen-bond acceptors (Lipinski definition) is 2. The van der Waals surface area contributed by atoms with Gasteiger partial charge in [0.05, 0.1) is 0 Å². The molecular formula is C42H24O2. The molecule has 0 atom stereocenters. The summed E-state index contributed by atoms with van der Waals surface area (Å²) in [7, 11) is 0. The van der Waals surface area contributed by atoms with Crippen LogP contribution in [0.25, 0.3) is 98.4 Å². The van der Waals surface area contributed by atoms with Crippen molar-refractivity contribution in [3.8, 4) is 22.3 Å². The van der Waals surface area contributed by atoms with Crippen LogP contribution in [0.4, 0.5) is 0 Å². The molecule has 0 bridgehead atoms. The van der Waals surface area contributed by atoms with Gasteiger partial charge in [-0.15, -0.1) is 0 Å². The molecule has 0 aliphatic rings. The lowest BCUT2D eigenvalue weighted by Gasteiger charge is -2.13. The van der Waals surface area contributed by atoms with Crippen molar-refractivity contribution in [2.45, 2.75) is 0 Å². The minimum Gasteiger partial charge on any atom is -0.456 e. The van der Waals surface area contributed by atoms with E-state index in [2.05, 4.69) is 127 Å². The minimum absolute atomic E-state index is 0.877. The van der Waals surface area contributed by atoms with Crippen molar-refractivity contribution in [1.29, 1.82) is 0 Å². The molecule has 0 saturated carbocycles. The van der Waals surface area contributed by atoms with Gasteiger partial charge in [0.25, 0.3) is 0 Å². The Labute approximate surface area is 252 Å². The molecule has 0 N–H and O–H groups in total. The molecule has 0 radical (unpaired) electrons. The van der Waals surface area contributed by atoms with Crippen molar-refractivity contribution >= 4 is 76.2 Å². The van der Waals surface area contributed by atoms with E-state index in [-0.39, 0.29) is 0 Å². The number of hydrogen-bond donors (Lipinski definition) is 0. The summed E-state index contributed by atoms with van der Waals surface area (Å²) in [6, 6.07) is 52.1. The molecule has 0 aliphatic carbocycles. The van der Waals surface area contributed by atoms with Gasteiger partial charge in [0.2, 0.25) is 0 Å². The molecule has 10 aromatic rings. The van der Waals surface area contributed by atoms with E-state index in [1.807, 2.05) is 18.2 Å². The van der Waals surface area contributed by atoms with Crippen LogP contribution in [-0.2, 0) is 0 Å². The highest BCUT2D eigenvalue weighted by atomic mass is 16.3. The van der Waals surface area contributed by atoms with Gasteiger partial charge in [-0.1, -0.05) is 103 Å². The molecule has 2 nitrogen and oxygen atoms in total. The van der Waals surface area contributed by atoms with Gasteiger partial charge in [-0.25, -0.2) is 0 Å². The monoisotopic (exact) mass is 560 g/mol. The first kappa shape index (κ1) is 23.7. The van der Waals surface area contributed by atoms with Gasteiger partial charge in [0.15, 0.2) is 0 Å². The van der Waals surface area contributed by atoms with Crippen LogP contribution < -0.4 is 0 Å². The standard InChI is InChI=1S/C42H24O2/c1-2-8-25(9-3-1)26-14-17-31-32-18-15-27(21-35(32)30-11-5-4-10-29(30)34(31)20-26)28-16-19-40-36(22-28)38-24-41-37(23-42(38)44-40)33-12-6-7-13-39(33)43-41/h1-24H. The maximum absolute atomic E-state index is 6.35. The van der Waals surface area contributed by atoms with Gasteiger partial charge in [0, 0.05) is 21.5 Å². The number of furan rings is 2. The van der Waals surface area contributed by atoms with E-state index in [9.17, 15) is 0 Å². The molecule has 10 rings (SSSR count). The predicted molar refractivity (Wildman–Crippen MR) is 184 cm³/mol. The average Bonchev–Trinajstić information content (AvgIpc) is 3.64. The Morgan fingerprint density at radius 2 is 0.659 bits per heavy atom. The van der Waals surface area contributed by atoms with E-state index < -0.39 is 0 Å². The van der Waals surface area contributed by atoms with Crippen LogP contribution in [0.5, 0.6) is 0 Å². The lowest BCUT2D eigenvalue weighted by Crippen LogP contribution is -1.86. The van der Waals surface area contributed by atoms with E-state index in [4.69, 9.17) is 8.83 Å². The first-order chi connectivity index (χ1) is 21.8. The number of para-hydroxylation sites is 1. The number of fused-ring (bicyclic) bond motifs is 12. The zero-order chi connectivity index (χ0) is 28.8. The summed E-state index contributed by atoms with van der Waals surface area (Å²) in [6.07, 6.45) is 0. The molecule has 2 heteroatoms. The van der Waals surface area contributed by atoms with Gasteiger partial charge >= 0.3 is 0 Å². The van der Waals surface area contributed by atoms with E-state index in [0.29, 0.717) is 0 Å². The van der Waals surface area contributed by atoms with Crippen LogP contribution in [0.1, 0.15) is 0 Å². The molecule has 8 aromatic carbocycles. The Hall–Kier alpha value is -5.86. The third-order valence-corrected chi connectivity index (χ3v) is 9.25. The highest BCUT2D eigenvalue weighted by Gasteiger charge is 2.15. The fourth-order valence-corrected chi connectivity index (χ4v) is 7.12. The Morgan fingerprint density at radius 3 is 1.32 bits per heavy atom. The van der Waals surface area contributed by atoms with Gasteiger partial charge in [-0.2, -0.15) is 0 Å². The SMILES string of the molecule is c1ccc(-c2ccc3c4ccc(-c5ccc6oc7cc8c(cc7c6c5)oc5ccccc58)cc4c4ccccc4c3c2)cc1. The van der Waals surface area contributed by atoms with Crippen LogP contribution in [-0.4, -0.2) is 0 Å². The molecule has 0 amide bonds. The fourth-order valence-electron chi connectivity index (χ4n) is 7.12. The summed E-state index contributed by atoms with van der Waals surface area (Å²) in [5.41, 5.74) is 8.35. The van der Waals surface area contributed by atoms with Gasteiger partial charge in [-0.05, 0) is 97.0 Å². The molecule has 2 aromatic heterocycles.